The fourth-order valence-electron chi connectivity index (χ4n) is 3.46. The van der Waals surface area contributed by atoms with E-state index in [0.717, 1.165) is 19.5 Å². The zero-order chi connectivity index (χ0) is 17.6. The van der Waals surface area contributed by atoms with Gasteiger partial charge < -0.3 is 20.6 Å². The molecule has 0 bridgehead atoms. The highest BCUT2D eigenvalue weighted by molar-refractivity contribution is 5.82. The number of nitrogens with one attached hydrogen (secondary N) is 1. The zero-order valence-corrected chi connectivity index (χ0v) is 15.2. The quantitative estimate of drug-likeness (QED) is 0.429. The molecule has 1 heterocycles. The lowest BCUT2D eigenvalue weighted by Crippen LogP contribution is -2.50. The third kappa shape index (κ3) is 6.28. The molecule has 7 heteroatoms. The Morgan fingerprint density at radius 1 is 1.42 bits per heavy atom. The van der Waals surface area contributed by atoms with Gasteiger partial charge in [0.05, 0.1) is 18.8 Å². The second kappa shape index (κ2) is 8.67. The van der Waals surface area contributed by atoms with Gasteiger partial charge in [0.25, 0.3) is 5.91 Å². The monoisotopic (exact) mass is 340 g/mol. The van der Waals surface area contributed by atoms with Gasteiger partial charge in [-0.15, -0.1) is 0 Å². The first kappa shape index (κ1) is 19.0. The number of ether oxygens (including phenoxy) is 1. The van der Waals surface area contributed by atoms with Crippen LogP contribution in [0.25, 0.3) is 0 Å². The van der Waals surface area contributed by atoms with Gasteiger partial charge in [0.1, 0.15) is 0 Å². The maximum atomic E-state index is 11.9. The topological polar surface area (TPSA) is 89.2 Å². The summed E-state index contributed by atoms with van der Waals surface area (Å²) in [5.41, 5.74) is 5.73. The van der Waals surface area contributed by atoms with Crippen LogP contribution < -0.4 is 11.1 Å². The van der Waals surface area contributed by atoms with Crippen molar-refractivity contribution in [1.29, 1.82) is 0 Å². The molecule has 0 aromatic heterocycles. The molecular formula is C17H32N4O3. The van der Waals surface area contributed by atoms with Gasteiger partial charge in [-0.2, -0.15) is 0 Å². The summed E-state index contributed by atoms with van der Waals surface area (Å²) in [5.74, 6) is 0.783. The number of rotatable bonds is 6. The molecule has 0 aromatic carbocycles. The summed E-state index contributed by atoms with van der Waals surface area (Å²) in [7, 11) is 0. The Bertz CT molecular complexity index is 453. The van der Waals surface area contributed by atoms with Crippen LogP contribution in [0.5, 0.6) is 0 Å². The van der Waals surface area contributed by atoms with Gasteiger partial charge in [0, 0.05) is 19.1 Å². The van der Waals surface area contributed by atoms with Gasteiger partial charge in [0.15, 0.2) is 12.4 Å². The number of hydrogen-bond acceptors (Lipinski definition) is 5. The van der Waals surface area contributed by atoms with Crippen LogP contribution in [-0.2, 0) is 14.4 Å². The van der Waals surface area contributed by atoms with Crippen LogP contribution >= 0.6 is 0 Å². The Morgan fingerprint density at radius 2 is 2.17 bits per heavy atom. The van der Waals surface area contributed by atoms with Crippen LogP contribution in [-0.4, -0.2) is 61.1 Å². The average Bonchev–Trinajstić information content (AvgIpc) is 2.48. The lowest BCUT2D eigenvalue weighted by molar-refractivity contribution is -0.127. The maximum absolute atomic E-state index is 11.9. The number of amides is 1. The van der Waals surface area contributed by atoms with E-state index in [1.165, 1.54) is 19.3 Å². The third-order valence-electron chi connectivity index (χ3n) is 4.73. The molecule has 2 rings (SSSR count). The summed E-state index contributed by atoms with van der Waals surface area (Å²) in [6.45, 7) is 9.03. The smallest absolute Gasteiger partial charge is 0.261 e. The van der Waals surface area contributed by atoms with Crippen molar-refractivity contribution >= 4 is 11.7 Å². The van der Waals surface area contributed by atoms with E-state index in [2.05, 4.69) is 36.1 Å². The number of nitrogens with two attached hydrogens (primary N) is 1. The highest BCUT2D eigenvalue weighted by Crippen LogP contribution is 2.23. The van der Waals surface area contributed by atoms with Gasteiger partial charge in [-0.25, -0.2) is 0 Å². The number of amidine groups is 1. The van der Waals surface area contributed by atoms with Crippen LogP contribution in [0.4, 0.5) is 0 Å². The van der Waals surface area contributed by atoms with E-state index < -0.39 is 0 Å². The van der Waals surface area contributed by atoms with Crippen molar-refractivity contribution < 1.29 is 14.4 Å². The minimum absolute atomic E-state index is 0.0848. The normalized spacial score (nSPS) is 28.4. The standard InChI is InChI=1S/C17H32N4O3/c1-13-6-4-5-7-14(13)19-16(22)11-24-20-15(18)10-21-8-9-23-17(2,3)12-21/h13-14H,4-12H2,1-3H3,(H2,18,20)(H,19,22). The lowest BCUT2D eigenvalue weighted by Gasteiger charge is -2.37. The molecule has 2 unspecified atom stereocenters. The average molecular weight is 340 g/mol. The van der Waals surface area contributed by atoms with Crippen molar-refractivity contribution in [3.8, 4) is 0 Å². The fraction of sp³-hybridized carbons (Fsp3) is 0.882. The molecule has 2 fully saturated rings. The lowest BCUT2D eigenvalue weighted by atomic mass is 9.86. The number of carbonyl (C=O) groups excluding carboxylic acids is 1. The zero-order valence-electron chi connectivity index (χ0n) is 15.2. The van der Waals surface area contributed by atoms with Crippen molar-refractivity contribution in [1.82, 2.24) is 10.2 Å². The molecular weight excluding hydrogens is 308 g/mol. The molecule has 1 amide bonds. The SMILES string of the molecule is CC1CCCCC1NC(=O)CO/N=C(\N)CN1CCOC(C)(C)C1. The Morgan fingerprint density at radius 3 is 2.88 bits per heavy atom. The van der Waals surface area contributed by atoms with E-state index >= 15 is 0 Å². The summed E-state index contributed by atoms with van der Waals surface area (Å²) >= 11 is 0. The molecule has 1 aliphatic carbocycles. The predicted molar refractivity (Wildman–Crippen MR) is 93.6 cm³/mol. The minimum atomic E-state index is -0.171. The van der Waals surface area contributed by atoms with Crippen LogP contribution in [0.2, 0.25) is 0 Å². The van der Waals surface area contributed by atoms with Crippen molar-refractivity contribution in [3.05, 3.63) is 0 Å². The Labute approximate surface area is 144 Å². The Kier molecular flexibility index (Phi) is 6.86. The second-order valence-corrected chi connectivity index (χ2v) is 7.61. The molecule has 1 aliphatic heterocycles. The number of nitrogens with zero attached hydrogens (tertiary/aromatic N) is 2. The van der Waals surface area contributed by atoms with E-state index in [9.17, 15) is 4.79 Å². The maximum Gasteiger partial charge on any atom is 0.261 e. The second-order valence-electron chi connectivity index (χ2n) is 7.61. The Hall–Kier alpha value is -1.34. The molecule has 1 saturated heterocycles. The summed E-state index contributed by atoms with van der Waals surface area (Å²) in [6, 6.07) is 0.256. The van der Waals surface area contributed by atoms with Crippen LogP contribution in [0.15, 0.2) is 5.16 Å². The molecule has 2 atom stereocenters. The predicted octanol–water partition coefficient (Wildman–Crippen LogP) is 1.08. The van der Waals surface area contributed by atoms with Crippen LogP contribution in [0.1, 0.15) is 46.5 Å². The van der Waals surface area contributed by atoms with E-state index in [-0.39, 0.29) is 24.2 Å². The van der Waals surface area contributed by atoms with E-state index in [0.29, 0.717) is 24.9 Å². The van der Waals surface area contributed by atoms with Gasteiger partial charge in [-0.05, 0) is 32.6 Å². The van der Waals surface area contributed by atoms with Gasteiger partial charge in [-0.3, -0.25) is 9.69 Å². The van der Waals surface area contributed by atoms with Crippen molar-refractivity contribution in [3.63, 3.8) is 0 Å². The molecule has 138 valence electrons. The van der Waals surface area contributed by atoms with E-state index in [1.54, 1.807) is 0 Å². The molecule has 24 heavy (non-hydrogen) atoms. The third-order valence-corrected chi connectivity index (χ3v) is 4.73. The largest absolute Gasteiger partial charge is 0.384 e. The van der Waals surface area contributed by atoms with Crippen LogP contribution in [0, 0.1) is 5.92 Å². The summed E-state index contributed by atoms with van der Waals surface area (Å²) in [6.07, 6.45) is 4.65. The first-order valence-corrected chi connectivity index (χ1v) is 8.96. The first-order chi connectivity index (χ1) is 11.4. The summed E-state index contributed by atoms with van der Waals surface area (Å²) in [5, 5.41) is 6.90. The van der Waals surface area contributed by atoms with Crippen molar-refractivity contribution in [2.75, 3.05) is 32.8 Å². The van der Waals surface area contributed by atoms with Crippen molar-refractivity contribution in [2.45, 2.75) is 58.1 Å². The Balaban J connectivity index is 1.67. The van der Waals surface area contributed by atoms with E-state index in [1.807, 2.05) is 0 Å². The number of morpholine rings is 1. The van der Waals surface area contributed by atoms with Gasteiger partial charge in [-0.1, -0.05) is 24.9 Å². The molecule has 3 N–H and O–H groups in total. The highest BCUT2D eigenvalue weighted by atomic mass is 16.6. The minimum Gasteiger partial charge on any atom is -0.384 e. The molecule has 1 saturated carbocycles. The highest BCUT2D eigenvalue weighted by Gasteiger charge is 2.27. The van der Waals surface area contributed by atoms with Gasteiger partial charge >= 0.3 is 0 Å². The van der Waals surface area contributed by atoms with Crippen LogP contribution in [0.3, 0.4) is 0 Å². The van der Waals surface area contributed by atoms with E-state index in [4.69, 9.17) is 15.3 Å². The van der Waals surface area contributed by atoms with Crippen molar-refractivity contribution in [2.24, 2.45) is 16.8 Å². The first-order valence-electron chi connectivity index (χ1n) is 8.96. The number of carbonyl (C=O) groups is 1. The van der Waals surface area contributed by atoms with Gasteiger partial charge in [0.2, 0.25) is 0 Å². The number of hydrogen-bond donors (Lipinski definition) is 2. The summed E-state index contributed by atoms with van der Waals surface area (Å²) in [4.78, 5) is 19.2. The molecule has 0 radical (unpaired) electrons. The molecule has 0 spiro atoms. The molecule has 0 aromatic rings. The number of oxime groups is 1. The molecule has 7 nitrogen and oxygen atoms in total. The summed E-state index contributed by atoms with van der Waals surface area (Å²) < 4.78 is 5.66. The molecule has 2 aliphatic rings. The fourth-order valence-corrected chi connectivity index (χ4v) is 3.46.